The standard InChI is InChI=1S/C57H111N2O6P/c1-6-8-10-12-14-16-18-20-22-24-25-26-27-28-29-30-31-32-33-34-35-37-39-41-43-45-47-49-51-57(61)58-55(54-65-66(62,63)64-53-52-59(3,4)5)56(60)50-48-46-44-42-40-38-36-23-21-19-17-15-13-11-9-7-2/h21,23,40,42,48,50,55-56,60H,6-20,22,24-39,41,43-47,49,51-54H2,1-5H3,(H-,58,61,62,63)/p+1/b23-21+,42-40+,50-48+. The molecule has 0 rings (SSSR count). The molecule has 0 saturated heterocycles. The Morgan fingerprint density at radius 1 is 0.500 bits per heavy atom. The first-order chi connectivity index (χ1) is 32.0. The normalized spacial score (nSPS) is 14.2. The molecule has 1 amide bonds. The first-order valence-corrected chi connectivity index (χ1v) is 29.9. The quantitative estimate of drug-likeness (QED) is 0.0243. The van der Waals surface area contributed by atoms with E-state index in [-0.39, 0.29) is 19.1 Å². The second-order valence-electron chi connectivity index (χ2n) is 20.7. The van der Waals surface area contributed by atoms with Crippen molar-refractivity contribution in [1.29, 1.82) is 0 Å². The lowest BCUT2D eigenvalue weighted by Crippen LogP contribution is -2.45. The number of quaternary nitrogens is 1. The minimum atomic E-state index is -4.35. The van der Waals surface area contributed by atoms with E-state index in [0.29, 0.717) is 17.4 Å². The smallest absolute Gasteiger partial charge is 0.387 e. The lowest BCUT2D eigenvalue weighted by Gasteiger charge is -2.25. The molecule has 0 aromatic heterocycles. The number of likely N-dealkylation sites (N-methyl/N-ethyl adjacent to an activating group) is 1. The summed E-state index contributed by atoms with van der Waals surface area (Å²) >= 11 is 0. The number of unbranched alkanes of at least 4 members (excludes halogenated alkanes) is 35. The maximum atomic E-state index is 13.0. The molecule has 0 heterocycles. The fourth-order valence-corrected chi connectivity index (χ4v) is 9.11. The number of carbonyl (C=O) groups is 1. The van der Waals surface area contributed by atoms with E-state index in [9.17, 15) is 19.4 Å². The van der Waals surface area contributed by atoms with Crippen LogP contribution in [0.1, 0.15) is 271 Å². The van der Waals surface area contributed by atoms with Gasteiger partial charge in [0.2, 0.25) is 5.91 Å². The van der Waals surface area contributed by atoms with Gasteiger partial charge < -0.3 is 19.8 Å². The largest absolute Gasteiger partial charge is 0.472 e. The first kappa shape index (κ1) is 64.7. The summed E-state index contributed by atoms with van der Waals surface area (Å²) in [7, 11) is 1.55. The molecule has 0 aliphatic carbocycles. The topological polar surface area (TPSA) is 105 Å². The Hall–Kier alpha value is -1.28. The number of phosphoric ester groups is 1. The molecule has 390 valence electrons. The van der Waals surface area contributed by atoms with Gasteiger partial charge in [-0.25, -0.2) is 4.57 Å². The van der Waals surface area contributed by atoms with Crippen LogP contribution >= 0.6 is 7.82 Å². The van der Waals surface area contributed by atoms with E-state index in [0.717, 1.165) is 44.9 Å². The fraction of sp³-hybridized carbons (Fsp3) is 0.877. The van der Waals surface area contributed by atoms with Crippen molar-refractivity contribution in [2.75, 3.05) is 40.9 Å². The highest BCUT2D eigenvalue weighted by atomic mass is 31.2. The number of phosphoric acid groups is 1. The van der Waals surface area contributed by atoms with Gasteiger partial charge in [0.1, 0.15) is 13.2 Å². The van der Waals surface area contributed by atoms with Crippen LogP contribution in [0.4, 0.5) is 0 Å². The Balaban J connectivity index is 4.15. The van der Waals surface area contributed by atoms with Gasteiger partial charge in [-0.3, -0.25) is 13.8 Å². The summed E-state index contributed by atoms with van der Waals surface area (Å²) in [6, 6.07) is -0.867. The molecule has 0 bridgehead atoms. The molecule has 0 saturated carbocycles. The van der Waals surface area contributed by atoms with E-state index >= 15 is 0 Å². The molecule has 0 radical (unpaired) electrons. The third-order valence-corrected chi connectivity index (χ3v) is 13.8. The zero-order chi connectivity index (χ0) is 48.5. The number of nitrogens with zero attached hydrogens (tertiary/aromatic N) is 1. The molecule has 0 spiro atoms. The Labute approximate surface area is 410 Å². The van der Waals surface area contributed by atoms with Crippen LogP contribution in [0, 0.1) is 0 Å². The summed E-state index contributed by atoms with van der Waals surface area (Å²) in [6.07, 6.45) is 62.6. The van der Waals surface area contributed by atoms with Crippen LogP contribution in [-0.4, -0.2) is 73.4 Å². The molecule has 8 nitrogen and oxygen atoms in total. The van der Waals surface area contributed by atoms with Gasteiger partial charge in [-0.15, -0.1) is 0 Å². The minimum Gasteiger partial charge on any atom is -0.387 e. The number of aliphatic hydroxyl groups excluding tert-OH is 1. The molecule has 3 unspecified atom stereocenters. The molecule has 0 aromatic carbocycles. The highest BCUT2D eigenvalue weighted by Gasteiger charge is 2.27. The molecule has 0 aromatic rings. The van der Waals surface area contributed by atoms with E-state index in [1.54, 1.807) is 6.08 Å². The van der Waals surface area contributed by atoms with E-state index in [1.165, 1.54) is 205 Å². The van der Waals surface area contributed by atoms with Gasteiger partial charge in [0.25, 0.3) is 0 Å². The summed E-state index contributed by atoms with van der Waals surface area (Å²) in [5.74, 6) is -0.187. The average molecular weight is 953 g/mol. The van der Waals surface area contributed by atoms with Crippen LogP contribution in [-0.2, 0) is 18.4 Å². The summed E-state index contributed by atoms with van der Waals surface area (Å²) in [4.78, 5) is 23.3. The first-order valence-electron chi connectivity index (χ1n) is 28.4. The number of hydrogen-bond donors (Lipinski definition) is 3. The second kappa shape index (κ2) is 48.7. The van der Waals surface area contributed by atoms with E-state index < -0.39 is 20.0 Å². The van der Waals surface area contributed by atoms with Crippen molar-refractivity contribution in [3.63, 3.8) is 0 Å². The number of amides is 1. The SMILES string of the molecule is CCCCCCCC/C=C/CC/C=C/CC/C=C/C(O)C(COP(=O)(O)OCC[N+](C)(C)C)NC(=O)CCCCCCCCCCCCCCCCCCCCCCCCCCCCCC. The third kappa shape index (κ3) is 50.6. The lowest BCUT2D eigenvalue weighted by atomic mass is 10.0. The summed E-state index contributed by atoms with van der Waals surface area (Å²) in [6.45, 7) is 4.81. The minimum absolute atomic E-state index is 0.0550. The Morgan fingerprint density at radius 3 is 1.21 bits per heavy atom. The molecular weight excluding hydrogens is 840 g/mol. The van der Waals surface area contributed by atoms with Gasteiger partial charge in [-0.2, -0.15) is 0 Å². The van der Waals surface area contributed by atoms with Gasteiger partial charge >= 0.3 is 7.82 Å². The van der Waals surface area contributed by atoms with Crippen molar-refractivity contribution in [2.45, 2.75) is 283 Å². The van der Waals surface area contributed by atoms with Gasteiger partial charge in [0.15, 0.2) is 0 Å². The Morgan fingerprint density at radius 2 is 0.833 bits per heavy atom. The van der Waals surface area contributed by atoms with E-state index in [4.69, 9.17) is 9.05 Å². The zero-order valence-corrected chi connectivity index (χ0v) is 45.3. The molecular formula is C57H112N2O6P+. The van der Waals surface area contributed by atoms with Crippen LogP contribution in [0.5, 0.6) is 0 Å². The van der Waals surface area contributed by atoms with Crippen molar-refractivity contribution in [1.82, 2.24) is 5.32 Å². The van der Waals surface area contributed by atoms with Crippen LogP contribution in [0.3, 0.4) is 0 Å². The van der Waals surface area contributed by atoms with Crippen molar-refractivity contribution >= 4 is 13.7 Å². The zero-order valence-electron chi connectivity index (χ0n) is 44.4. The number of hydrogen-bond acceptors (Lipinski definition) is 5. The van der Waals surface area contributed by atoms with Crippen LogP contribution < -0.4 is 5.32 Å². The number of rotatable bonds is 52. The third-order valence-electron chi connectivity index (χ3n) is 12.8. The molecule has 0 aliphatic heterocycles. The fourth-order valence-electron chi connectivity index (χ4n) is 8.37. The van der Waals surface area contributed by atoms with Gasteiger partial charge in [0.05, 0.1) is 39.9 Å². The summed E-state index contributed by atoms with van der Waals surface area (Å²) in [5, 5.41) is 13.9. The molecule has 3 N–H and O–H groups in total. The van der Waals surface area contributed by atoms with Crippen molar-refractivity contribution < 1.29 is 32.9 Å². The van der Waals surface area contributed by atoms with Crippen LogP contribution in [0.25, 0.3) is 0 Å². The Bertz CT molecular complexity index is 1170. The molecule has 9 heteroatoms. The van der Waals surface area contributed by atoms with Crippen LogP contribution in [0.2, 0.25) is 0 Å². The van der Waals surface area contributed by atoms with Crippen molar-refractivity contribution in [3.05, 3.63) is 36.5 Å². The Kier molecular flexibility index (Phi) is 47.8. The lowest BCUT2D eigenvalue weighted by molar-refractivity contribution is -0.870. The highest BCUT2D eigenvalue weighted by molar-refractivity contribution is 7.47. The second-order valence-corrected chi connectivity index (χ2v) is 22.1. The predicted molar refractivity (Wildman–Crippen MR) is 286 cm³/mol. The van der Waals surface area contributed by atoms with Gasteiger partial charge in [-0.05, 0) is 44.9 Å². The maximum Gasteiger partial charge on any atom is 0.472 e. The van der Waals surface area contributed by atoms with E-state index in [2.05, 4.69) is 43.5 Å². The van der Waals surface area contributed by atoms with Gasteiger partial charge in [-0.1, -0.05) is 256 Å². The number of carbonyl (C=O) groups excluding carboxylic acids is 1. The average Bonchev–Trinajstić information content (AvgIpc) is 3.28. The molecule has 3 atom stereocenters. The number of aliphatic hydroxyl groups is 1. The highest BCUT2D eigenvalue weighted by Crippen LogP contribution is 2.43. The number of allylic oxidation sites excluding steroid dienone is 5. The van der Waals surface area contributed by atoms with Gasteiger partial charge in [0, 0.05) is 6.42 Å². The monoisotopic (exact) mass is 952 g/mol. The number of nitrogens with one attached hydrogen (secondary N) is 1. The molecule has 0 fully saturated rings. The predicted octanol–water partition coefficient (Wildman–Crippen LogP) is 17.0. The van der Waals surface area contributed by atoms with Crippen molar-refractivity contribution in [3.8, 4) is 0 Å². The summed E-state index contributed by atoms with van der Waals surface area (Å²) in [5.41, 5.74) is 0. The molecule has 66 heavy (non-hydrogen) atoms. The van der Waals surface area contributed by atoms with E-state index in [1.807, 2.05) is 27.2 Å². The summed E-state index contributed by atoms with van der Waals surface area (Å²) < 4.78 is 23.6. The van der Waals surface area contributed by atoms with Crippen LogP contribution in [0.15, 0.2) is 36.5 Å². The van der Waals surface area contributed by atoms with Crippen molar-refractivity contribution in [2.24, 2.45) is 0 Å². The maximum absolute atomic E-state index is 13.0. The molecule has 0 aliphatic rings.